The molecule has 3 heteroatoms. The molecule has 0 aliphatic carbocycles. The Balaban J connectivity index is 3.15. The summed E-state index contributed by atoms with van der Waals surface area (Å²) < 4.78 is 5.44. The summed E-state index contributed by atoms with van der Waals surface area (Å²) in [6.07, 6.45) is 38.9. The highest BCUT2D eigenvalue weighted by atomic mass is 16.5. The lowest BCUT2D eigenvalue weighted by Gasteiger charge is -2.06. The minimum atomic E-state index is 0.0186. The van der Waals surface area contributed by atoms with Crippen LogP contribution in [0.15, 0.2) is 0 Å². The Kier molecular flexibility index (Phi) is 33.1. The monoisotopic (exact) mass is 553 g/mol. The van der Waals surface area contributed by atoms with Crippen molar-refractivity contribution in [3.8, 4) is 0 Å². The Morgan fingerprint density at radius 2 is 0.769 bits per heavy atom. The zero-order valence-corrected chi connectivity index (χ0v) is 27.0. The average molecular weight is 553 g/mol. The molecule has 234 valence electrons. The Bertz CT molecular complexity index is 462. The van der Waals surface area contributed by atoms with Crippen LogP contribution in [-0.2, 0) is 9.53 Å². The molecule has 0 radical (unpaired) electrons. The number of unbranched alkanes of at least 4 members (excludes halogenated alkanes) is 26. The second-order valence-electron chi connectivity index (χ2n) is 12.8. The standard InChI is InChI=1S/C36H72O3/c1-35(2)31-27-23-19-15-11-7-8-12-16-20-24-28-32-36(38)39-34-30-26-22-18-14-10-6-4-3-5-9-13-17-21-25-29-33-37/h35,37H,3-34H2,1-2H3. The van der Waals surface area contributed by atoms with Crippen LogP contribution in [0.5, 0.6) is 0 Å². The Labute approximate surface area is 246 Å². The lowest BCUT2D eigenvalue weighted by molar-refractivity contribution is -0.143. The number of hydrogen-bond acceptors (Lipinski definition) is 3. The molecule has 0 unspecified atom stereocenters. The Hall–Kier alpha value is -0.570. The van der Waals surface area contributed by atoms with Gasteiger partial charge in [0.25, 0.3) is 0 Å². The highest BCUT2D eigenvalue weighted by Gasteiger charge is 2.03. The van der Waals surface area contributed by atoms with E-state index < -0.39 is 0 Å². The minimum absolute atomic E-state index is 0.0186. The van der Waals surface area contributed by atoms with Crippen LogP contribution in [0.1, 0.15) is 206 Å². The topological polar surface area (TPSA) is 46.5 Å². The van der Waals surface area contributed by atoms with Crippen molar-refractivity contribution in [3.05, 3.63) is 0 Å². The lowest BCUT2D eigenvalue weighted by atomic mass is 10.0. The predicted octanol–water partition coefficient (Wildman–Crippen LogP) is 11.9. The highest BCUT2D eigenvalue weighted by molar-refractivity contribution is 5.69. The Morgan fingerprint density at radius 1 is 0.462 bits per heavy atom. The van der Waals surface area contributed by atoms with Crippen LogP contribution in [0.2, 0.25) is 0 Å². The Morgan fingerprint density at radius 3 is 1.13 bits per heavy atom. The summed E-state index contributed by atoms with van der Waals surface area (Å²) in [6.45, 7) is 5.63. The van der Waals surface area contributed by atoms with Crippen molar-refractivity contribution >= 4 is 5.97 Å². The number of hydrogen-bond donors (Lipinski definition) is 1. The molecule has 0 aromatic carbocycles. The van der Waals surface area contributed by atoms with Gasteiger partial charge < -0.3 is 9.84 Å². The van der Waals surface area contributed by atoms with Gasteiger partial charge in [0.2, 0.25) is 0 Å². The van der Waals surface area contributed by atoms with Gasteiger partial charge in [-0.15, -0.1) is 0 Å². The molecular formula is C36H72O3. The maximum absolute atomic E-state index is 11.9. The van der Waals surface area contributed by atoms with Gasteiger partial charge in [0, 0.05) is 13.0 Å². The van der Waals surface area contributed by atoms with E-state index >= 15 is 0 Å². The fraction of sp³-hybridized carbons (Fsp3) is 0.972. The second kappa shape index (κ2) is 33.6. The van der Waals surface area contributed by atoms with Crippen molar-refractivity contribution < 1.29 is 14.6 Å². The first kappa shape index (κ1) is 38.4. The van der Waals surface area contributed by atoms with E-state index in [-0.39, 0.29) is 5.97 Å². The van der Waals surface area contributed by atoms with Crippen LogP contribution in [0, 0.1) is 5.92 Å². The number of esters is 1. The number of carbonyl (C=O) groups excluding carboxylic acids is 1. The van der Waals surface area contributed by atoms with Crippen molar-refractivity contribution in [2.75, 3.05) is 13.2 Å². The number of rotatable bonds is 33. The van der Waals surface area contributed by atoms with Gasteiger partial charge in [0.1, 0.15) is 0 Å². The van der Waals surface area contributed by atoms with Gasteiger partial charge in [-0.05, 0) is 25.2 Å². The first-order chi connectivity index (χ1) is 19.2. The first-order valence-electron chi connectivity index (χ1n) is 17.9. The molecule has 0 bridgehead atoms. The van der Waals surface area contributed by atoms with Gasteiger partial charge in [-0.1, -0.05) is 181 Å². The summed E-state index contributed by atoms with van der Waals surface area (Å²) in [7, 11) is 0. The summed E-state index contributed by atoms with van der Waals surface area (Å²) in [5.41, 5.74) is 0. The van der Waals surface area contributed by atoms with Crippen molar-refractivity contribution in [2.45, 2.75) is 206 Å². The van der Waals surface area contributed by atoms with E-state index in [2.05, 4.69) is 13.8 Å². The summed E-state index contributed by atoms with van der Waals surface area (Å²) in [5.74, 6) is 0.885. The van der Waals surface area contributed by atoms with Crippen molar-refractivity contribution in [3.63, 3.8) is 0 Å². The van der Waals surface area contributed by atoms with Gasteiger partial charge in [-0.25, -0.2) is 0 Å². The van der Waals surface area contributed by atoms with Crippen LogP contribution >= 0.6 is 0 Å². The first-order valence-corrected chi connectivity index (χ1v) is 17.9. The molecule has 0 aliphatic rings. The molecule has 0 saturated heterocycles. The van der Waals surface area contributed by atoms with E-state index in [4.69, 9.17) is 9.84 Å². The third-order valence-electron chi connectivity index (χ3n) is 8.23. The van der Waals surface area contributed by atoms with Crippen LogP contribution in [0.3, 0.4) is 0 Å². The summed E-state index contributed by atoms with van der Waals surface area (Å²) in [4.78, 5) is 11.9. The molecule has 0 fully saturated rings. The van der Waals surface area contributed by atoms with E-state index in [1.165, 1.54) is 167 Å². The fourth-order valence-electron chi connectivity index (χ4n) is 5.54. The summed E-state index contributed by atoms with van der Waals surface area (Å²) in [5, 5.41) is 8.78. The van der Waals surface area contributed by atoms with Crippen LogP contribution in [0.25, 0.3) is 0 Å². The summed E-state index contributed by atoms with van der Waals surface area (Å²) in [6, 6.07) is 0. The van der Waals surface area contributed by atoms with E-state index in [0.717, 1.165) is 25.2 Å². The normalized spacial score (nSPS) is 11.5. The smallest absolute Gasteiger partial charge is 0.305 e. The van der Waals surface area contributed by atoms with E-state index in [9.17, 15) is 4.79 Å². The van der Waals surface area contributed by atoms with Crippen LogP contribution in [-0.4, -0.2) is 24.3 Å². The van der Waals surface area contributed by atoms with E-state index in [1.807, 2.05) is 0 Å². The number of aliphatic hydroxyl groups is 1. The molecule has 0 aliphatic heterocycles. The third-order valence-corrected chi connectivity index (χ3v) is 8.23. The molecule has 39 heavy (non-hydrogen) atoms. The molecule has 0 amide bonds. The molecule has 0 aromatic heterocycles. The molecule has 0 aromatic rings. The minimum Gasteiger partial charge on any atom is -0.466 e. The van der Waals surface area contributed by atoms with Gasteiger partial charge in [0.15, 0.2) is 0 Å². The molecule has 0 heterocycles. The largest absolute Gasteiger partial charge is 0.466 e. The number of ether oxygens (including phenoxy) is 1. The molecule has 0 spiro atoms. The number of aliphatic hydroxyl groups excluding tert-OH is 1. The zero-order chi connectivity index (χ0) is 28.5. The van der Waals surface area contributed by atoms with Crippen LogP contribution < -0.4 is 0 Å². The number of carbonyl (C=O) groups is 1. The molecule has 1 N–H and O–H groups in total. The van der Waals surface area contributed by atoms with E-state index in [0.29, 0.717) is 19.6 Å². The molecule has 0 saturated carbocycles. The molecular weight excluding hydrogens is 480 g/mol. The fourth-order valence-corrected chi connectivity index (χ4v) is 5.54. The maximum Gasteiger partial charge on any atom is 0.305 e. The van der Waals surface area contributed by atoms with Crippen molar-refractivity contribution in [2.24, 2.45) is 5.92 Å². The van der Waals surface area contributed by atoms with E-state index in [1.54, 1.807) is 0 Å². The molecule has 0 atom stereocenters. The van der Waals surface area contributed by atoms with Gasteiger partial charge in [-0.3, -0.25) is 4.79 Å². The maximum atomic E-state index is 11.9. The zero-order valence-electron chi connectivity index (χ0n) is 27.0. The molecule has 3 nitrogen and oxygen atoms in total. The third kappa shape index (κ3) is 35.4. The summed E-state index contributed by atoms with van der Waals surface area (Å²) >= 11 is 0. The van der Waals surface area contributed by atoms with Crippen LogP contribution in [0.4, 0.5) is 0 Å². The van der Waals surface area contributed by atoms with Gasteiger partial charge in [0.05, 0.1) is 6.61 Å². The van der Waals surface area contributed by atoms with Crippen molar-refractivity contribution in [1.29, 1.82) is 0 Å². The predicted molar refractivity (Wildman–Crippen MR) is 171 cm³/mol. The quantitative estimate of drug-likeness (QED) is 0.0650. The SMILES string of the molecule is CC(C)CCCCCCCCCCCCCCC(=O)OCCCCCCCCCCCCCCCCCCO. The highest BCUT2D eigenvalue weighted by Crippen LogP contribution is 2.16. The lowest BCUT2D eigenvalue weighted by Crippen LogP contribution is -2.05. The average Bonchev–Trinajstić information content (AvgIpc) is 2.92. The second-order valence-corrected chi connectivity index (χ2v) is 12.8. The van der Waals surface area contributed by atoms with Gasteiger partial charge >= 0.3 is 5.97 Å². The molecule has 0 rings (SSSR count). The van der Waals surface area contributed by atoms with Crippen molar-refractivity contribution in [1.82, 2.24) is 0 Å². The van der Waals surface area contributed by atoms with Gasteiger partial charge in [-0.2, -0.15) is 0 Å².